The van der Waals surface area contributed by atoms with Crippen LogP contribution >= 0.6 is 11.3 Å². The second-order valence-corrected chi connectivity index (χ2v) is 11.1. The van der Waals surface area contributed by atoms with Crippen LogP contribution in [0, 0.1) is 6.92 Å². The Morgan fingerprint density at radius 2 is 1.67 bits per heavy atom. The molecule has 0 fully saturated rings. The third-order valence-electron chi connectivity index (χ3n) is 7.51. The number of benzene rings is 4. The summed E-state index contributed by atoms with van der Waals surface area (Å²) in [6, 6.07) is 26.2. The quantitative estimate of drug-likeness (QED) is 0.237. The number of thiazole rings is 1. The van der Waals surface area contributed by atoms with Gasteiger partial charge in [-0.25, -0.2) is 9.79 Å². The molecule has 43 heavy (non-hydrogen) atoms. The van der Waals surface area contributed by atoms with E-state index >= 15 is 0 Å². The van der Waals surface area contributed by atoms with E-state index in [1.807, 2.05) is 97.9 Å². The van der Waals surface area contributed by atoms with Gasteiger partial charge in [0.05, 0.1) is 36.6 Å². The Morgan fingerprint density at radius 3 is 2.40 bits per heavy atom. The first-order valence-electron chi connectivity index (χ1n) is 13.9. The second-order valence-electron chi connectivity index (χ2n) is 10.1. The third-order valence-corrected chi connectivity index (χ3v) is 8.50. The van der Waals surface area contributed by atoms with E-state index in [0.717, 1.165) is 33.2 Å². The molecular weight excluding hydrogens is 560 g/mol. The van der Waals surface area contributed by atoms with Gasteiger partial charge in [-0.15, -0.1) is 0 Å². The van der Waals surface area contributed by atoms with E-state index < -0.39 is 12.0 Å². The van der Waals surface area contributed by atoms with Crippen LogP contribution in [0.4, 0.5) is 0 Å². The molecule has 0 saturated carbocycles. The maximum atomic E-state index is 14.4. The number of carbonyl (C=O) groups excluding carboxylic acids is 1. The number of nitrogens with zero attached hydrogens (tertiary/aromatic N) is 2. The summed E-state index contributed by atoms with van der Waals surface area (Å²) in [5.74, 6) is 0.790. The fourth-order valence-corrected chi connectivity index (χ4v) is 6.59. The number of rotatable bonds is 7. The molecule has 0 saturated heterocycles. The van der Waals surface area contributed by atoms with Crippen molar-refractivity contribution in [2.45, 2.75) is 19.9 Å². The zero-order valence-electron chi connectivity index (χ0n) is 24.3. The smallest absolute Gasteiger partial charge is 0.338 e. The fourth-order valence-electron chi connectivity index (χ4n) is 5.59. The monoisotopic (exact) mass is 590 g/mol. The number of methoxy groups -OCH3 is 2. The van der Waals surface area contributed by atoms with Gasteiger partial charge in [0.2, 0.25) is 0 Å². The van der Waals surface area contributed by atoms with Crippen molar-refractivity contribution in [2.75, 3.05) is 20.8 Å². The van der Waals surface area contributed by atoms with E-state index in [-0.39, 0.29) is 17.7 Å². The average molecular weight is 591 g/mol. The molecule has 6 rings (SSSR count). The van der Waals surface area contributed by atoms with Crippen LogP contribution in [0.2, 0.25) is 0 Å². The minimum atomic E-state index is -0.855. The van der Waals surface area contributed by atoms with Crippen LogP contribution in [0.5, 0.6) is 11.5 Å². The van der Waals surface area contributed by atoms with Crippen molar-refractivity contribution in [3.8, 4) is 11.5 Å². The molecule has 1 aromatic heterocycles. The first-order valence-corrected chi connectivity index (χ1v) is 14.8. The molecule has 1 atom stereocenters. The van der Waals surface area contributed by atoms with Gasteiger partial charge in [0.25, 0.3) is 5.56 Å². The number of aryl methyl sites for hydroxylation is 1. The van der Waals surface area contributed by atoms with Crippen molar-refractivity contribution < 1.29 is 19.0 Å². The Morgan fingerprint density at radius 1 is 0.953 bits per heavy atom. The maximum absolute atomic E-state index is 14.4. The SMILES string of the molecule is CCOC(=O)C1=C(c2ccccc2)N=c2s/c(=C\c3ccc(OC)c(C)c3)c(=O)n2[C@@H]1c1c(OC)ccc2ccccc12. The molecule has 0 unspecified atom stereocenters. The van der Waals surface area contributed by atoms with Crippen LogP contribution in [-0.4, -0.2) is 31.4 Å². The van der Waals surface area contributed by atoms with Crippen LogP contribution in [0.25, 0.3) is 22.5 Å². The van der Waals surface area contributed by atoms with Crippen molar-refractivity contribution in [3.05, 3.63) is 132 Å². The Balaban J connectivity index is 1.72. The van der Waals surface area contributed by atoms with Crippen LogP contribution in [0.1, 0.15) is 35.2 Å². The molecule has 0 spiro atoms. The van der Waals surface area contributed by atoms with Gasteiger partial charge in [0, 0.05) is 11.1 Å². The number of carbonyl (C=O) groups is 1. The lowest BCUT2D eigenvalue weighted by molar-refractivity contribution is -0.138. The standard InChI is InChI=1S/C35H30N2O5S/c1-5-42-34(39)30-31(24-12-7-6-8-13-24)36-35-37(32(30)29-25-14-10-9-11-23(25)16-18-27(29)41-4)33(38)28(43-35)20-22-15-17-26(40-3)21(2)19-22/h6-20,32H,5H2,1-4H3/b28-20-/t32-/m1/s1. The van der Waals surface area contributed by atoms with E-state index in [0.29, 0.717) is 26.3 Å². The lowest BCUT2D eigenvalue weighted by Crippen LogP contribution is -2.40. The molecule has 1 aliphatic rings. The van der Waals surface area contributed by atoms with Crippen LogP contribution in [0.15, 0.2) is 100 Å². The highest BCUT2D eigenvalue weighted by atomic mass is 32.1. The molecule has 0 aliphatic carbocycles. The molecule has 5 aromatic rings. The van der Waals surface area contributed by atoms with Crippen molar-refractivity contribution in [1.29, 1.82) is 0 Å². The van der Waals surface area contributed by atoms with Gasteiger partial charge in [-0.2, -0.15) is 0 Å². The van der Waals surface area contributed by atoms with Crippen molar-refractivity contribution in [1.82, 2.24) is 4.57 Å². The topological polar surface area (TPSA) is 79.1 Å². The lowest BCUT2D eigenvalue weighted by Gasteiger charge is -2.28. The van der Waals surface area contributed by atoms with Crippen LogP contribution in [-0.2, 0) is 9.53 Å². The van der Waals surface area contributed by atoms with E-state index in [2.05, 4.69) is 0 Å². The summed E-state index contributed by atoms with van der Waals surface area (Å²) in [7, 11) is 3.22. The molecule has 1 aliphatic heterocycles. The molecule has 2 heterocycles. The fraction of sp³-hybridized carbons (Fsp3) is 0.171. The number of hydrogen-bond acceptors (Lipinski definition) is 7. The molecule has 216 valence electrons. The minimum absolute atomic E-state index is 0.172. The highest BCUT2D eigenvalue weighted by Crippen LogP contribution is 2.42. The molecular formula is C35H30N2O5S. The Labute approximate surface area is 252 Å². The largest absolute Gasteiger partial charge is 0.496 e. The van der Waals surface area contributed by atoms with Crippen molar-refractivity contribution in [2.24, 2.45) is 4.99 Å². The first kappa shape index (κ1) is 28.2. The minimum Gasteiger partial charge on any atom is -0.496 e. The van der Waals surface area contributed by atoms with Gasteiger partial charge in [0.15, 0.2) is 4.80 Å². The molecule has 0 N–H and O–H groups in total. The van der Waals surface area contributed by atoms with Crippen molar-refractivity contribution in [3.63, 3.8) is 0 Å². The maximum Gasteiger partial charge on any atom is 0.338 e. The number of fused-ring (bicyclic) bond motifs is 2. The molecule has 8 heteroatoms. The zero-order valence-corrected chi connectivity index (χ0v) is 25.1. The van der Waals surface area contributed by atoms with Gasteiger partial charge in [0.1, 0.15) is 17.5 Å². The van der Waals surface area contributed by atoms with Gasteiger partial charge in [-0.1, -0.05) is 78.1 Å². The highest BCUT2D eigenvalue weighted by molar-refractivity contribution is 7.07. The summed E-state index contributed by atoms with van der Waals surface area (Å²) >= 11 is 1.29. The predicted octanol–water partition coefficient (Wildman–Crippen LogP) is 5.41. The summed E-state index contributed by atoms with van der Waals surface area (Å²) in [5.41, 5.74) is 3.74. The van der Waals surface area contributed by atoms with E-state index in [1.165, 1.54) is 11.3 Å². The Bertz CT molecular complexity index is 2080. The average Bonchev–Trinajstić information content (AvgIpc) is 3.34. The summed E-state index contributed by atoms with van der Waals surface area (Å²) in [6.07, 6.45) is 1.85. The molecule has 0 radical (unpaired) electrons. The predicted molar refractivity (Wildman–Crippen MR) is 169 cm³/mol. The van der Waals surface area contributed by atoms with Gasteiger partial charge in [-0.3, -0.25) is 9.36 Å². The van der Waals surface area contributed by atoms with Gasteiger partial charge in [-0.05, 0) is 60.0 Å². The summed E-state index contributed by atoms with van der Waals surface area (Å²) in [6.45, 7) is 3.90. The Kier molecular flexibility index (Phi) is 7.69. The van der Waals surface area contributed by atoms with Crippen LogP contribution in [0.3, 0.4) is 0 Å². The zero-order chi connectivity index (χ0) is 30.1. The number of esters is 1. The van der Waals surface area contributed by atoms with Gasteiger partial charge < -0.3 is 14.2 Å². The summed E-state index contributed by atoms with van der Waals surface area (Å²) in [5, 5.41) is 1.82. The van der Waals surface area contributed by atoms with E-state index in [9.17, 15) is 9.59 Å². The summed E-state index contributed by atoms with van der Waals surface area (Å²) in [4.78, 5) is 33.7. The lowest BCUT2D eigenvalue weighted by atomic mass is 9.89. The summed E-state index contributed by atoms with van der Waals surface area (Å²) < 4.78 is 19.0. The molecule has 0 amide bonds. The number of ether oxygens (including phenoxy) is 3. The molecule has 4 aromatic carbocycles. The van der Waals surface area contributed by atoms with Crippen LogP contribution < -0.4 is 24.4 Å². The normalized spacial score (nSPS) is 14.8. The second kappa shape index (κ2) is 11.7. The third kappa shape index (κ3) is 5.04. The molecule has 7 nitrogen and oxygen atoms in total. The number of hydrogen-bond donors (Lipinski definition) is 0. The molecule has 0 bridgehead atoms. The van der Waals surface area contributed by atoms with E-state index in [1.54, 1.807) is 25.7 Å². The first-order chi connectivity index (χ1) is 20.9. The van der Waals surface area contributed by atoms with Crippen molar-refractivity contribution >= 4 is 39.9 Å². The van der Waals surface area contributed by atoms with Gasteiger partial charge >= 0.3 is 5.97 Å². The number of aromatic nitrogens is 1. The Hall–Kier alpha value is -4.95. The van der Waals surface area contributed by atoms with E-state index in [4.69, 9.17) is 19.2 Å². The highest BCUT2D eigenvalue weighted by Gasteiger charge is 2.37.